The summed E-state index contributed by atoms with van der Waals surface area (Å²) in [5.74, 6) is 0.00915. The fourth-order valence-corrected chi connectivity index (χ4v) is 4.24. The number of aromatic nitrogens is 4. The normalized spacial score (nSPS) is 18.6. The summed E-state index contributed by atoms with van der Waals surface area (Å²) in [6.45, 7) is 4.73. The Morgan fingerprint density at radius 1 is 1.18 bits per heavy atom. The Balaban J connectivity index is 1.28. The number of amides is 2. The number of benzene rings is 2. The SMILES string of the molecule is Cc1cccc(CNC(=O)[C@H](C)NC(=O)[C@H]2C[C@H](Cc3ccccc3)CN2)c1-n1ncnn1. The van der Waals surface area contributed by atoms with Gasteiger partial charge in [-0.15, -0.1) is 15.0 Å². The van der Waals surface area contributed by atoms with Crippen LogP contribution in [0.2, 0.25) is 0 Å². The molecule has 1 fully saturated rings. The van der Waals surface area contributed by atoms with Crippen molar-refractivity contribution in [3.63, 3.8) is 0 Å². The summed E-state index contributed by atoms with van der Waals surface area (Å²) < 4.78 is 0. The second-order valence-electron chi connectivity index (χ2n) is 8.51. The molecule has 3 aromatic rings. The van der Waals surface area contributed by atoms with E-state index in [2.05, 4.69) is 43.5 Å². The first-order valence-electron chi connectivity index (χ1n) is 11.2. The van der Waals surface area contributed by atoms with E-state index in [0.29, 0.717) is 12.5 Å². The molecular formula is C24H29N7O2. The lowest BCUT2D eigenvalue weighted by Gasteiger charge is -2.18. The van der Waals surface area contributed by atoms with Crippen LogP contribution in [0, 0.1) is 12.8 Å². The standard InChI is InChI=1S/C24H29N7O2/c1-16-7-6-10-20(22(16)31-28-15-27-30-31)14-26-23(32)17(2)29-24(33)21-12-19(13-25-21)11-18-8-4-3-5-9-18/h3-10,15,17,19,21,25H,11-14H2,1-2H3,(H,26,32)(H,29,33)/t17-,19-,21+/m0/s1. The van der Waals surface area contributed by atoms with Crippen LogP contribution in [0.1, 0.15) is 30.0 Å². The largest absolute Gasteiger partial charge is 0.350 e. The predicted molar refractivity (Wildman–Crippen MR) is 123 cm³/mol. The molecule has 0 bridgehead atoms. The van der Waals surface area contributed by atoms with Gasteiger partial charge in [0.2, 0.25) is 11.8 Å². The van der Waals surface area contributed by atoms with E-state index in [9.17, 15) is 9.59 Å². The second-order valence-corrected chi connectivity index (χ2v) is 8.51. The van der Waals surface area contributed by atoms with Crippen molar-refractivity contribution < 1.29 is 9.59 Å². The average Bonchev–Trinajstić information content (AvgIpc) is 3.50. The molecule has 3 N–H and O–H groups in total. The van der Waals surface area contributed by atoms with Gasteiger partial charge in [-0.2, -0.15) is 0 Å². The molecular weight excluding hydrogens is 418 g/mol. The van der Waals surface area contributed by atoms with Crippen LogP contribution in [0.25, 0.3) is 5.69 Å². The van der Waals surface area contributed by atoms with Gasteiger partial charge in [0, 0.05) is 6.54 Å². The van der Waals surface area contributed by atoms with Crippen LogP contribution in [0.5, 0.6) is 0 Å². The van der Waals surface area contributed by atoms with Gasteiger partial charge in [-0.3, -0.25) is 9.59 Å². The number of hydrogen-bond acceptors (Lipinski definition) is 6. The molecule has 9 heteroatoms. The Kier molecular flexibility index (Phi) is 7.09. The van der Waals surface area contributed by atoms with Crippen LogP contribution in [0.4, 0.5) is 0 Å². The highest BCUT2D eigenvalue weighted by Gasteiger charge is 2.30. The first-order chi connectivity index (χ1) is 16.0. The highest BCUT2D eigenvalue weighted by Crippen LogP contribution is 2.20. The maximum absolute atomic E-state index is 12.7. The molecule has 1 aromatic heterocycles. The number of nitrogens with zero attached hydrogens (tertiary/aromatic N) is 4. The summed E-state index contributed by atoms with van der Waals surface area (Å²) >= 11 is 0. The van der Waals surface area contributed by atoms with Crippen LogP contribution >= 0.6 is 0 Å². The summed E-state index contributed by atoms with van der Waals surface area (Å²) in [6, 6.07) is 15.1. The van der Waals surface area contributed by atoms with E-state index in [-0.39, 0.29) is 17.9 Å². The minimum absolute atomic E-state index is 0.142. The van der Waals surface area contributed by atoms with Gasteiger partial charge in [0.05, 0.1) is 11.7 Å². The third-order valence-electron chi connectivity index (χ3n) is 5.98. The number of hydrogen-bond donors (Lipinski definition) is 3. The van der Waals surface area contributed by atoms with Crippen molar-refractivity contribution in [2.45, 2.75) is 45.3 Å². The zero-order valence-electron chi connectivity index (χ0n) is 18.9. The minimum atomic E-state index is -0.648. The highest BCUT2D eigenvalue weighted by atomic mass is 16.2. The van der Waals surface area contributed by atoms with Crippen LogP contribution < -0.4 is 16.0 Å². The molecule has 33 heavy (non-hydrogen) atoms. The van der Waals surface area contributed by atoms with Gasteiger partial charge >= 0.3 is 0 Å². The summed E-state index contributed by atoms with van der Waals surface area (Å²) in [5, 5.41) is 20.9. The van der Waals surface area contributed by atoms with Gasteiger partial charge in [-0.25, -0.2) is 0 Å². The van der Waals surface area contributed by atoms with Gasteiger partial charge in [0.25, 0.3) is 0 Å². The zero-order chi connectivity index (χ0) is 23.2. The molecule has 1 aliphatic heterocycles. The van der Waals surface area contributed by atoms with Crippen molar-refractivity contribution in [2.24, 2.45) is 5.92 Å². The summed E-state index contributed by atoms with van der Waals surface area (Å²) in [5.41, 5.74) is 3.89. The molecule has 0 spiro atoms. The first kappa shape index (κ1) is 22.6. The quantitative estimate of drug-likeness (QED) is 0.480. The number of carbonyl (C=O) groups is 2. The monoisotopic (exact) mass is 447 g/mol. The van der Waals surface area contributed by atoms with E-state index < -0.39 is 6.04 Å². The third-order valence-corrected chi connectivity index (χ3v) is 5.98. The lowest BCUT2D eigenvalue weighted by Crippen LogP contribution is -2.50. The van der Waals surface area contributed by atoms with Crippen molar-refractivity contribution in [1.29, 1.82) is 0 Å². The van der Waals surface area contributed by atoms with E-state index >= 15 is 0 Å². The van der Waals surface area contributed by atoms with Crippen LogP contribution in [0.15, 0.2) is 54.9 Å². The minimum Gasteiger partial charge on any atom is -0.350 e. The molecule has 2 heterocycles. The Bertz CT molecular complexity index is 1090. The van der Waals surface area contributed by atoms with Crippen molar-refractivity contribution in [3.05, 3.63) is 71.5 Å². The topological polar surface area (TPSA) is 114 Å². The first-order valence-corrected chi connectivity index (χ1v) is 11.2. The number of aryl methyl sites for hydroxylation is 1. The molecule has 1 saturated heterocycles. The lowest BCUT2D eigenvalue weighted by atomic mass is 9.96. The third kappa shape index (κ3) is 5.61. The predicted octanol–water partition coefficient (Wildman–Crippen LogP) is 1.31. The lowest BCUT2D eigenvalue weighted by molar-refractivity contribution is -0.129. The molecule has 0 radical (unpaired) electrons. The molecule has 2 amide bonds. The van der Waals surface area contributed by atoms with Gasteiger partial charge in [0.15, 0.2) is 6.33 Å². The molecule has 4 rings (SSSR count). The zero-order valence-corrected chi connectivity index (χ0v) is 18.9. The molecule has 3 atom stereocenters. The Hall–Kier alpha value is -3.59. The maximum Gasteiger partial charge on any atom is 0.242 e. The van der Waals surface area contributed by atoms with Crippen molar-refractivity contribution >= 4 is 11.8 Å². The molecule has 0 aliphatic carbocycles. The smallest absolute Gasteiger partial charge is 0.242 e. The Morgan fingerprint density at radius 2 is 2.00 bits per heavy atom. The number of carbonyl (C=O) groups excluding carboxylic acids is 2. The molecule has 9 nitrogen and oxygen atoms in total. The number of rotatable bonds is 8. The van der Waals surface area contributed by atoms with Crippen LogP contribution in [-0.4, -0.2) is 50.7 Å². The summed E-state index contributed by atoms with van der Waals surface area (Å²) in [6.07, 6.45) is 3.06. The average molecular weight is 448 g/mol. The van der Waals surface area contributed by atoms with Crippen LogP contribution in [-0.2, 0) is 22.6 Å². The highest BCUT2D eigenvalue weighted by molar-refractivity contribution is 5.89. The maximum atomic E-state index is 12.7. The van der Waals surface area contributed by atoms with E-state index in [4.69, 9.17) is 0 Å². The molecule has 0 saturated carbocycles. The van der Waals surface area contributed by atoms with Crippen molar-refractivity contribution in [3.8, 4) is 5.69 Å². The van der Waals surface area contributed by atoms with Crippen molar-refractivity contribution in [2.75, 3.05) is 6.54 Å². The van der Waals surface area contributed by atoms with Gasteiger partial charge in [0.1, 0.15) is 6.04 Å². The van der Waals surface area contributed by atoms with E-state index in [1.54, 1.807) is 6.92 Å². The molecule has 172 valence electrons. The molecule has 1 aliphatic rings. The van der Waals surface area contributed by atoms with Gasteiger partial charge < -0.3 is 16.0 Å². The van der Waals surface area contributed by atoms with E-state index in [0.717, 1.165) is 36.2 Å². The molecule has 0 unspecified atom stereocenters. The Morgan fingerprint density at radius 3 is 2.76 bits per heavy atom. The fraction of sp³-hybridized carbons (Fsp3) is 0.375. The fourth-order valence-electron chi connectivity index (χ4n) is 4.24. The van der Waals surface area contributed by atoms with E-state index in [1.165, 1.54) is 16.7 Å². The number of nitrogens with one attached hydrogen (secondary N) is 3. The van der Waals surface area contributed by atoms with Crippen molar-refractivity contribution in [1.82, 2.24) is 36.2 Å². The summed E-state index contributed by atoms with van der Waals surface area (Å²) in [4.78, 5) is 26.8. The van der Waals surface area contributed by atoms with Gasteiger partial charge in [-0.05, 0) is 61.1 Å². The van der Waals surface area contributed by atoms with Gasteiger partial charge in [-0.1, -0.05) is 48.5 Å². The second kappa shape index (κ2) is 10.4. The van der Waals surface area contributed by atoms with E-state index in [1.807, 2.05) is 43.3 Å². The number of para-hydroxylation sites is 1. The summed E-state index contributed by atoms with van der Waals surface area (Å²) in [7, 11) is 0. The number of tetrazole rings is 1. The Labute approximate surface area is 193 Å². The van der Waals surface area contributed by atoms with Crippen LogP contribution in [0.3, 0.4) is 0 Å². The molecule has 2 aromatic carbocycles.